The normalized spacial score (nSPS) is 27.2. The summed E-state index contributed by atoms with van der Waals surface area (Å²) in [7, 11) is 4.72. The van der Waals surface area contributed by atoms with Gasteiger partial charge >= 0.3 is 8.56 Å². The van der Waals surface area contributed by atoms with Crippen LogP contribution in [0, 0.1) is 0 Å². The van der Waals surface area contributed by atoms with Crippen LogP contribution in [0.15, 0.2) is 0 Å². The number of rotatable bonds is 5. The predicted octanol–water partition coefficient (Wildman–Crippen LogP) is 2.20. The number of hydrogen-bond donors (Lipinski definition) is 1. The van der Waals surface area contributed by atoms with Crippen molar-refractivity contribution in [3.8, 4) is 0 Å². The summed E-state index contributed by atoms with van der Waals surface area (Å²) in [5.74, 6) is 0. The molecule has 0 aliphatic carbocycles. The van der Waals surface area contributed by atoms with Gasteiger partial charge in [-0.25, -0.2) is 0 Å². The first-order chi connectivity index (χ1) is 8.20. The van der Waals surface area contributed by atoms with E-state index in [0.717, 1.165) is 25.3 Å². The van der Waals surface area contributed by atoms with Gasteiger partial charge in [0.1, 0.15) is 5.22 Å². The van der Waals surface area contributed by atoms with Gasteiger partial charge in [0.25, 0.3) is 0 Å². The molecule has 0 aromatic heterocycles. The van der Waals surface area contributed by atoms with E-state index in [-0.39, 0.29) is 5.22 Å². The zero-order valence-corrected chi connectivity index (χ0v) is 13.0. The smallest absolute Gasteiger partial charge is 0.370 e. The Kier molecular flexibility index (Phi) is 8.24. The van der Waals surface area contributed by atoms with Crippen molar-refractivity contribution in [2.45, 2.75) is 50.3 Å². The summed E-state index contributed by atoms with van der Waals surface area (Å²) in [6, 6.07) is 1.06. The Morgan fingerprint density at radius 3 is 2.12 bits per heavy atom. The van der Waals surface area contributed by atoms with E-state index in [4.69, 9.17) is 13.6 Å². The first-order valence-corrected chi connectivity index (χ1v) is 8.46. The minimum Gasteiger partial charge on any atom is -0.396 e. The zero-order valence-electron chi connectivity index (χ0n) is 12.0. The van der Waals surface area contributed by atoms with Crippen LogP contribution in [0.1, 0.15) is 39.0 Å². The van der Waals surface area contributed by atoms with Crippen LogP contribution in [0.5, 0.6) is 0 Å². The maximum absolute atomic E-state index is 5.83. The zero-order chi connectivity index (χ0) is 13.4. The van der Waals surface area contributed by atoms with Crippen molar-refractivity contribution < 1.29 is 13.6 Å². The van der Waals surface area contributed by atoms with Crippen molar-refractivity contribution in [2.24, 2.45) is 5.73 Å². The second kappa shape index (κ2) is 8.21. The highest BCUT2D eigenvalue weighted by Crippen LogP contribution is 2.42. The molecule has 0 amide bonds. The van der Waals surface area contributed by atoms with Gasteiger partial charge in [-0.1, -0.05) is 26.2 Å². The number of nitrogens with two attached hydrogens (primary N) is 1. The summed E-state index contributed by atoms with van der Waals surface area (Å²) < 4.78 is 17.4. The summed E-state index contributed by atoms with van der Waals surface area (Å²) in [4.78, 5) is 0. The van der Waals surface area contributed by atoms with Gasteiger partial charge in [0.15, 0.2) is 0 Å². The Morgan fingerprint density at radius 2 is 1.71 bits per heavy atom. The average molecular weight is 263 g/mol. The summed E-state index contributed by atoms with van der Waals surface area (Å²) >= 11 is 0. The van der Waals surface area contributed by atoms with Gasteiger partial charge in [0.05, 0.1) is 0 Å². The fourth-order valence-corrected chi connectivity index (χ4v) is 6.91. The third kappa shape index (κ3) is 3.29. The fraction of sp³-hybridized carbons (Fsp3) is 1.00. The first-order valence-electron chi connectivity index (χ1n) is 6.43. The summed E-state index contributed by atoms with van der Waals surface area (Å²) in [5, 5.41) is -0.122. The molecule has 0 aromatic carbocycles. The SMILES string of the molecule is CCCC1(OC)CCCC[Si]1(OC)OC.CN. The van der Waals surface area contributed by atoms with E-state index in [9.17, 15) is 0 Å². The molecule has 1 rings (SSSR count). The third-order valence-electron chi connectivity index (χ3n) is 3.73. The molecular formula is C12H29NO3Si. The van der Waals surface area contributed by atoms with Gasteiger partial charge in [-0.2, -0.15) is 0 Å². The molecule has 1 saturated heterocycles. The largest absolute Gasteiger partial charge is 0.396 e. The highest BCUT2D eigenvalue weighted by atomic mass is 28.4. The fourth-order valence-electron chi connectivity index (χ4n) is 2.92. The molecular weight excluding hydrogens is 234 g/mol. The summed E-state index contributed by atoms with van der Waals surface area (Å²) in [6.07, 6.45) is 5.70. The third-order valence-corrected chi connectivity index (χ3v) is 8.16. The summed E-state index contributed by atoms with van der Waals surface area (Å²) in [6.45, 7) is 2.19. The van der Waals surface area contributed by atoms with E-state index in [1.54, 1.807) is 21.3 Å². The number of hydrogen-bond acceptors (Lipinski definition) is 4. The van der Waals surface area contributed by atoms with E-state index in [2.05, 4.69) is 12.7 Å². The van der Waals surface area contributed by atoms with Gasteiger partial charge < -0.3 is 19.3 Å². The molecule has 5 heteroatoms. The second-order valence-corrected chi connectivity index (χ2v) is 8.05. The van der Waals surface area contributed by atoms with E-state index in [1.807, 2.05) is 0 Å². The van der Waals surface area contributed by atoms with Gasteiger partial charge in [0, 0.05) is 21.3 Å². The highest BCUT2D eigenvalue weighted by molar-refractivity contribution is 6.70. The first kappa shape index (κ1) is 17.1. The van der Waals surface area contributed by atoms with Crippen LogP contribution in [0.3, 0.4) is 0 Å². The Morgan fingerprint density at radius 1 is 1.12 bits per heavy atom. The Labute approximate surface area is 107 Å². The van der Waals surface area contributed by atoms with Crippen LogP contribution in [0.25, 0.3) is 0 Å². The van der Waals surface area contributed by atoms with E-state index in [1.165, 1.54) is 19.9 Å². The molecule has 0 aromatic rings. The van der Waals surface area contributed by atoms with Crippen molar-refractivity contribution in [1.82, 2.24) is 0 Å². The van der Waals surface area contributed by atoms with E-state index in [0.29, 0.717) is 0 Å². The predicted molar refractivity (Wildman–Crippen MR) is 73.2 cm³/mol. The minimum atomic E-state index is -2.15. The standard InChI is InChI=1S/C11H24O3Si.CH5N/c1-5-8-11(12-2)9-6-7-10-15(11,13-3)14-4;1-2/h5-10H2,1-4H3;2H2,1H3. The lowest BCUT2D eigenvalue weighted by atomic mass is 10.1. The molecule has 0 saturated carbocycles. The molecule has 4 nitrogen and oxygen atoms in total. The molecule has 1 fully saturated rings. The van der Waals surface area contributed by atoms with Crippen molar-refractivity contribution in [3.63, 3.8) is 0 Å². The maximum Gasteiger partial charge on any atom is 0.370 e. The monoisotopic (exact) mass is 263 g/mol. The van der Waals surface area contributed by atoms with Crippen molar-refractivity contribution in [1.29, 1.82) is 0 Å². The van der Waals surface area contributed by atoms with Gasteiger partial charge in [0.2, 0.25) is 0 Å². The molecule has 0 bridgehead atoms. The van der Waals surface area contributed by atoms with Crippen LogP contribution >= 0.6 is 0 Å². The van der Waals surface area contributed by atoms with Crippen LogP contribution in [0.2, 0.25) is 6.04 Å². The van der Waals surface area contributed by atoms with E-state index < -0.39 is 8.56 Å². The molecule has 104 valence electrons. The maximum atomic E-state index is 5.83. The molecule has 1 aliphatic heterocycles. The van der Waals surface area contributed by atoms with Crippen molar-refractivity contribution in [2.75, 3.05) is 28.4 Å². The quantitative estimate of drug-likeness (QED) is 0.773. The van der Waals surface area contributed by atoms with Crippen molar-refractivity contribution in [3.05, 3.63) is 0 Å². The van der Waals surface area contributed by atoms with Gasteiger partial charge in [-0.05, 0) is 25.9 Å². The van der Waals surface area contributed by atoms with Crippen LogP contribution in [0.4, 0.5) is 0 Å². The Balaban J connectivity index is 0.00000121. The summed E-state index contributed by atoms with van der Waals surface area (Å²) in [5.41, 5.74) is 4.50. The Hall–Kier alpha value is 0.0569. The Bertz CT molecular complexity index is 196. The molecule has 2 N–H and O–H groups in total. The van der Waals surface area contributed by atoms with Gasteiger partial charge in [-0.3, -0.25) is 0 Å². The van der Waals surface area contributed by atoms with Crippen molar-refractivity contribution >= 4 is 8.56 Å². The molecule has 17 heavy (non-hydrogen) atoms. The van der Waals surface area contributed by atoms with Gasteiger partial charge in [-0.15, -0.1) is 0 Å². The lowest BCUT2D eigenvalue weighted by Crippen LogP contribution is -2.64. The topological polar surface area (TPSA) is 53.7 Å². The molecule has 0 spiro atoms. The molecule has 1 aliphatic rings. The average Bonchev–Trinajstić information content (AvgIpc) is 2.42. The second-order valence-electron chi connectivity index (χ2n) is 4.32. The molecule has 1 unspecified atom stereocenters. The van der Waals surface area contributed by atoms with E-state index >= 15 is 0 Å². The lowest BCUT2D eigenvalue weighted by Gasteiger charge is -2.47. The molecule has 1 atom stereocenters. The number of methoxy groups -OCH3 is 1. The lowest BCUT2D eigenvalue weighted by molar-refractivity contribution is -0.0149. The van der Waals surface area contributed by atoms with Crippen LogP contribution in [-0.2, 0) is 13.6 Å². The minimum absolute atomic E-state index is 0.122. The molecule has 0 radical (unpaired) electrons. The van der Waals surface area contributed by atoms with Crippen LogP contribution < -0.4 is 5.73 Å². The number of ether oxygens (including phenoxy) is 1. The highest BCUT2D eigenvalue weighted by Gasteiger charge is 2.58. The van der Waals surface area contributed by atoms with Crippen LogP contribution in [-0.4, -0.2) is 42.2 Å². The molecule has 1 heterocycles.